The minimum Gasteiger partial charge on any atom is -0.338 e. The van der Waals surface area contributed by atoms with Crippen molar-refractivity contribution in [3.8, 4) is 0 Å². The van der Waals surface area contributed by atoms with Crippen LogP contribution < -0.4 is 0 Å². The number of nitrogens with zero attached hydrogens (tertiary/aromatic N) is 1. The Hall–Kier alpha value is -0.100. The molecule has 0 aliphatic carbocycles. The Balaban J connectivity index is 2.75. The van der Waals surface area contributed by atoms with Crippen LogP contribution in [0, 0.1) is 0 Å². The minimum atomic E-state index is -2.94. The first-order chi connectivity index (χ1) is 8.41. The van der Waals surface area contributed by atoms with E-state index in [0.717, 1.165) is 19.3 Å². The molecule has 0 aromatic heterocycles. The number of hydrogen-bond acceptors (Lipinski definition) is 3. The van der Waals surface area contributed by atoms with Crippen LogP contribution in [0.1, 0.15) is 39.5 Å². The summed E-state index contributed by atoms with van der Waals surface area (Å²) in [7, 11) is -2.94. The first-order valence-corrected chi connectivity index (χ1v) is 9.30. The molecule has 1 aliphatic heterocycles. The summed E-state index contributed by atoms with van der Waals surface area (Å²) in [6.45, 7) is 4.68. The van der Waals surface area contributed by atoms with Crippen molar-refractivity contribution in [2.24, 2.45) is 0 Å². The van der Waals surface area contributed by atoms with Gasteiger partial charge in [0.1, 0.15) is 0 Å². The maximum absolute atomic E-state index is 12.3. The molecule has 1 aliphatic rings. The average molecular weight is 340 g/mol. The monoisotopic (exact) mass is 339 g/mol. The lowest BCUT2D eigenvalue weighted by Gasteiger charge is -2.30. The molecule has 0 aromatic rings. The van der Waals surface area contributed by atoms with E-state index in [1.165, 1.54) is 0 Å². The summed E-state index contributed by atoms with van der Waals surface area (Å²) >= 11 is 3.37. The quantitative estimate of drug-likeness (QED) is 0.695. The van der Waals surface area contributed by atoms with Crippen LogP contribution in [0.5, 0.6) is 0 Å². The van der Waals surface area contributed by atoms with Crippen LogP contribution in [0.4, 0.5) is 0 Å². The molecule has 0 N–H and O–H groups in total. The van der Waals surface area contributed by atoms with Crippen LogP contribution in [0.25, 0.3) is 0 Å². The van der Waals surface area contributed by atoms with Crippen molar-refractivity contribution in [3.63, 3.8) is 0 Å². The van der Waals surface area contributed by atoms with Gasteiger partial charge < -0.3 is 4.90 Å². The highest BCUT2D eigenvalue weighted by molar-refractivity contribution is 9.10. The molecular weight excluding hydrogens is 318 g/mol. The largest absolute Gasteiger partial charge is 0.338 e. The highest BCUT2D eigenvalue weighted by Crippen LogP contribution is 2.21. The number of sulfone groups is 1. The van der Waals surface area contributed by atoms with Crippen LogP contribution in [0.3, 0.4) is 0 Å². The van der Waals surface area contributed by atoms with Gasteiger partial charge in [-0.05, 0) is 19.3 Å². The maximum atomic E-state index is 12.3. The first kappa shape index (κ1) is 16.0. The van der Waals surface area contributed by atoms with Gasteiger partial charge in [0.05, 0.1) is 16.3 Å². The Labute approximate surface area is 118 Å². The van der Waals surface area contributed by atoms with Crippen molar-refractivity contribution in [3.05, 3.63) is 0 Å². The van der Waals surface area contributed by atoms with E-state index < -0.39 is 9.84 Å². The summed E-state index contributed by atoms with van der Waals surface area (Å²) in [5.74, 6) is 0.381. The van der Waals surface area contributed by atoms with E-state index in [-0.39, 0.29) is 28.3 Å². The fourth-order valence-electron chi connectivity index (χ4n) is 2.18. The normalized spacial score (nSPS) is 23.8. The highest BCUT2D eigenvalue weighted by atomic mass is 79.9. The Kier molecular flexibility index (Phi) is 6.11. The highest BCUT2D eigenvalue weighted by Gasteiger charge is 2.35. The lowest BCUT2D eigenvalue weighted by atomic mass is 10.1. The van der Waals surface area contributed by atoms with Gasteiger partial charge >= 0.3 is 0 Å². The summed E-state index contributed by atoms with van der Waals surface area (Å²) in [5, 5.41) is 0. The number of carbonyl (C=O) groups excluding carboxylic acids is 1. The van der Waals surface area contributed by atoms with Crippen molar-refractivity contribution in [1.82, 2.24) is 4.90 Å². The molecule has 18 heavy (non-hydrogen) atoms. The molecule has 4 nitrogen and oxygen atoms in total. The van der Waals surface area contributed by atoms with Crippen LogP contribution in [0.15, 0.2) is 0 Å². The van der Waals surface area contributed by atoms with Crippen molar-refractivity contribution in [1.29, 1.82) is 0 Å². The molecule has 0 aromatic carbocycles. The Morgan fingerprint density at radius 2 is 2.11 bits per heavy atom. The molecule has 2 unspecified atom stereocenters. The van der Waals surface area contributed by atoms with Gasteiger partial charge in [0.25, 0.3) is 0 Å². The van der Waals surface area contributed by atoms with Gasteiger partial charge in [-0.15, -0.1) is 0 Å². The molecule has 0 bridgehead atoms. The zero-order valence-electron chi connectivity index (χ0n) is 11.1. The molecule has 1 heterocycles. The molecule has 1 rings (SSSR count). The van der Waals surface area contributed by atoms with E-state index >= 15 is 0 Å². The van der Waals surface area contributed by atoms with Gasteiger partial charge in [0, 0.05) is 12.6 Å². The summed E-state index contributed by atoms with van der Waals surface area (Å²) in [5.41, 5.74) is 0. The molecule has 2 atom stereocenters. The fourth-order valence-corrected chi connectivity index (χ4v) is 4.17. The second-order valence-electron chi connectivity index (χ2n) is 4.82. The molecule has 0 radical (unpaired) electrons. The van der Waals surface area contributed by atoms with E-state index in [1.54, 1.807) is 4.90 Å². The van der Waals surface area contributed by atoms with Crippen molar-refractivity contribution in [2.45, 2.75) is 50.4 Å². The number of halogens is 1. The standard InChI is InChI=1S/C12H22BrNO3S/c1-3-5-7-14(12(15)11(13)4-2)10-6-8-18(16,17)9-10/h10-11H,3-9H2,1-2H3. The number of alkyl halides is 1. The minimum absolute atomic E-state index is 0.0352. The van der Waals surface area contributed by atoms with E-state index in [4.69, 9.17) is 0 Å². The lowest BCUT2D eigenvalue weighted by Crippen LogP contribution is -2.45. The fraction of sp³-hybridized carbons (Fsp3) is 0.917. The summed E-state index contributed by atoms with van der Waals surface area (Å²) in [6, 6.07) is -0.124. The summed E-state index contributed by atoms with van der Waals surface area (Å²) in [4.78, 5) is 13.8. The van der Waals surface area contributed by atoms with Gasteiger partial charge in [-0.1, -0.05) is 36.2 Å². The average Bonchev–Trinajstić information content (AvgIpc) is 2.68. The predicted octanol–water partition coefficient (Wildman–Crippen LogP) is 1.98. The molecule has 0 saturated carbocycles. The zero-order valence-corrected chi connectivity index (χ0v) is 13.5. The van der Waals surface area contributed by atoms with Crippen molar-refractivity contribution < 1.29 is 13.2 Å². The van der Waals surface area contributed by atoms with Crippen LogP contribution >= 0.6 is 15.9 Å². The van der Waals surface area contributed by atoms with Gasteiger partial charge in [0.2, 0.25) is 5.91 Å². The Bertz CT molecular complexity index is 383. The third kappa shape index (κ3) is 4.23. The Morgan fingerprint density at radius 1 is 1.44 bits per heavy atom. The topological polar surface area (TPSA) is 54.5 Å². The number of hydrogen-bond donors (Lipinski definition) is 0. The van der Waals surface area contributed by atoms with E-state index in [1.807, 2.05) is 6.92 Å². The van der Waals surface area contributed by atoms with Crippen molar-refractivity contribution >= 4 is 31.7 Å². The smallest absolute Gasteiger partial charge is 0.236 e. The maximum Gasteiger partial charge on any atom is 0.236 e. The summed E-state index contributed by atoms with van der Waals surface area (Å²) in [6.07, 6.45) is 3.23. The van der Waals surface area contributed by atoms with Crippen LogP contribution in [-0.4, -0.2) is 48.1 Å². The lowest BCUT2D eigenvalue weighted by molar-refractivity contribution is -0.132. The molecule has 1 amide bonds. The zero-order chi connectivity index (χ0) is 13.8. The third-order valence-corrected chi connectivity index (χ3v) is 6.10. The van der Waals surface area contributed by atoms with Gasteiger partial charge in [-0.2, -0.15) is 0 Å². The third-order valence-electron chi connectivity index (χ3n) is 3.31. The Morgan fingerprint density at radius 3 is 2.56 bits per heavy atom. The van der Waals surface area contributed by atoms with E-state index in [2.05, 4.69) is 22.9 Å². The molecule has 6 heteroatoms. The SMILES string of the molecule is CCCCN(C(=O)C(Br)CC)C1CCS(=O)(=O)C1. The molecule has 1 fully saturated rings. The van der Waals surface area contributed by atoms with Crippen LogP contribution in [0.2, 0.25) is 0 Å². The molecule has 1 saturated heterocycles. The van der Waals surface area contributed by atoms with E-state index in [0.29, 0.717) is 13.0 Å². The summed E-state index contributed by atoms with van der Waals surface area (Å²) < 4.78 is 23.1. The number of unbranched alkanes of at least 4 members (excludes halogenated alkanes) is 1. The van der Waals surface area contributed by atoms with E-state index in [9.17, 15) is 13.2 Å². The second-order valence-corrected chi connectivity index (χ2v) is 8.15. The van der Waals surface area contributed by atoms with Gasteiger partial charge in [-0.25, -0.2) is 8.42 Å². The second kappa shape index (κ2) is 6.89. The van der Waals surface area contributed by atoms with Crippen LogP contribution in [-0.2, 0) is 14.6 Å². The number of amides is 1. The number of carbonyl (C=O) groups is 1. The molecule has 106 valence electrons. The van der Waals surface area contributed by atoms with Crippen molar-refractivity contribution in [2.75, 3.05) is 18.1 Å². The van der Waals surface area contributed by atoms with Gasteiger partial charge in [0.15, 0.2) is 9.84 Å². The molecular formula is C12H22BrNO3S. The van der Waals surface area contributed by atoms with Gasteiger partial charge in [-0.3, -0.25) is 4.79 Å². The molecule has 0 spiro atoms. The first-order valence-electron chi connectivity index (χ1n) is 6.56. The number of rotatable bonds is 6. The predicted molar refractivity (Wildman–Crippen MR) is 76.7 cm³/mol.